The van der Waals surface area contributed by atoms with Gasteiger partial charge >= 0.3 is 5.97 Å². The molecule has 0 aromatic rings. The van der Waals surface area contributed by atoms with E-state index in [0.717, 1.165) is 12.8 Å². The lowest BCUT2D eigenvalue weighted by Crippen LogP contribution is -2.05. The predicted octanol–water partition coefficient (Wildman–Crippen LogP) is 4.41. The third-order valence-corrected chi connectivity index (χ3v) is 2.47. The highest BCUT2D eigenvalue weighted by molar-refractivity contribution is 5.86. The van der Waals surface area contributed by atoms with Gasteiger partial charge < -0.3 is 4.74 Å². The second-order valence-electron chi connectivity index (χ2n) is 4.38. The summed E-state index contributed by atoms with van der Waals surface area (Å²) in [6, 6.07) is 0. The molecule has 98 valence electrons. The average Bonchev–Trinajstić information content (AvgIpc) is 2.31. The topological polar surface area (TPSA) is 26.3 Å². The SMILES string of the molecule is C=C(C)C(=O)OCCCCCC/C=C/CCC. The Labute approximate surface area is 106 Å². The van der Waals surface area contributed by atoms with Crippen molar-refractivity contribution in [3.8, 4) is 0 Å². The highest BCUT2D eigenvalue weighted by Crippen LogP contribution is 2.05. The van der Waals surface area contributed by atoms with E-state index >= 15 is 0 Å². The summed E-state index contributed by atoms with van der Waals surface area (Å²) in [5.74, 6) is -0.271. The van der Waals surface area contributed by atoms with E-state index in [1.54, 1.807) is 6.92 Å². The molecule has 0 heterocycles. The van der Waals surface area contributed by atoms with Gasteiger partial charge in [-0.2, -0.15) is 0 Å². The molecule has 2 heteroatoms. The largest absolute Gasteiger partial charge is 0.462 e. The van der Waals surface area contributed by atoms with E-state index in [1.165, 1.54) is 32.1 Å². The maximum atomic E-state index is 11.0. The number of rotatable bonds is 10. The van der Waals surface area contributed by atoms with Crippen LogP contribution < -0.4 is 0 Å². The molecule has 0 atom stereocenters. The summed E-state index contributed by atoms with van der Waals surface area (Å²) in [7, 11) is 0. The Bertz CT molecular complexity index is 241. The predicted molar refractivity (Wildman–Crippen MR) is 72.9 cm³/mol. The summed E-state index contributed by atoms with van der Waals surface area (Å²) in [5, 5.41) is 0. The van der Waals surface area contributed by atoms with Gasteiger partial charge in [0.15, 0.2) is 0 Å². The van der Waals surface area contributed by atoms with Crippen molar-refractivity contribution in [2.75, 3.05) is 6.61 Å². The minimum absolute atomic E-state index is 0.271. The zero-order chi connectivity index (χ0) is 12.9. The second-order valence-corrected chi connectivity index (χ2v) is 4.38. The molecule has 0 aromatic heterocycles. The zero-order valence-electron chi connectivity index (χ0n) is 11.3. The van der Waals surface area contributed by atoms with Crippen LogP contribution in [0.3, 0.4) is 0 Å². The highest BCUT2D eigenvalue weighted by Gasteiger charge is 2.01. The summed E-state index contributed by atoms with van der Waals surface area (Å²) < 4.78 is 5.01. The minimum Gasteiger partial charge on any atom is -0.462 e. The average molecular weight is 238 g/mol. The maximum Gasteiger partial charge on any atom is 0.333 e. The van der Waals surface area contributed by atoms with Crippen LogP contribution in [0.2, 0.25) is 0 Å². The van der Waals surface area contributed by atoms with Gasteiger partial charge in [-0.3, -0.25) is 0 Å². The van der Waals surface area contributed by atoms with Crippen LogP contribution in [0.1, 0.15) is 58.8 Å². The van der Waals surface area contributed by atoms with Gasteiger partial charge in [0.1, 0.15) is 0 Å². The maximum absolute atomic E-state index is 11.0. The molecule has 0 aliphatic carbocycles. The van der Waals surface area contributed by atoms with Crippen molar-refractivity contribution in [3.63, 3.8) is 0 Å². The van der Waals surface area contributed by atoms with Gasteiger partial charge in [0.05, 0.1) is 6.61 Å². The van der Waals surface area contributed by atoms with Crippen LogP contribution in [0.15, 0.2) is 24.3 Å². The number of allylic oxidation sites excluding steroid dienone is 2. The molecule has 0 aromatic carbocycles. The number of ether oxygens (including phenoxy) is 1. The molecule has 0 fully saturated rings. The number of esters is 1. The molecule has 0 amide bonds. The van der Waals surface area contributed by atoms with Crippen molar-refractivity contribution in [2.24, 2.45) is 0 Å². The quantitative estimate of drug-likeness (QED) is 0.244. The molecule has 2 nitrogen and oxygen atoms in total. The molecule has 0 N–H and O–H groups in total. The molecule has 0 bridgehead atoms. The van der Waals surface area contributed by atoms with Crippen molar-refractivity contribution in [1.82, 2.24) is 0 Å². The van der Waals surface area contributed by atoms with Crippen molar-refractivity contribution >= 4 is 5.97 Å². The van der Waals surface area contributed by atoms with E-state index in [9.17, 15) is 4.79 Å². The van der Waals surface area contributed by atoms with E-state index < -0.39 is 0 Å². The molecule has 0 radical (unpaired) electrons. The lowest BCUT2D eigenvalue weighted by atomic mass is 10.1. The highest BCUT2D eigenvalue weighted by atomic mass is 16.5. The van der Waals surface area contributed by atoms with E-state index in [1.807, 2.05) is 0 Å². The van der Waals surface area contributed by atoms with Crippen molar-refractivity contribution in [3.05, 3.63) is 24.3 Å². The number of unbranched alkanes of at least 4 members (excludes halogenated alkanes) is 5. The van der Waals surface area contributed by atoms with Gasteiger partial charge in [-0.15, -0.1) is 0 Å². The molecular weight excluding hydrogens is 212 g/mol. The van der Waals surface area contributed by atoms with Crippen LogP contribution in [0.25, 0.3) is 0 Å². The fourth-order valence-corrected chi connectivity index (χ4v) is 1.41. The van der Waals surface area contributed by atoms with E-state index in [-0.39, 0.29) is 5.97 Å². The Morgan fingerprint density at radius 1 is 1.12 bits per heavy atom. The van der Waals surface area contributed by atoms with Gasteiger partial charge in [0, 0.05) is 5.57 Å². The molecule has 0 aliphatic rings. The van der Waals surface area contributed by atoms with Gasteiger partial charge in [0.25, 0.3) is 0 Å². The summed E-state index contributed by atoms with van der Waals surface area (Å²) in [5.41, 5.74) is 0.478. The lowest BCUT2D eigenvalue weighted by Gasteiger charge is -2.03. The first kappa shape index (κ1) is 16.0. The van der Waals surface area contributed by atoms with E-state index in [4.69, 9.17) is 4.74 Å². The summed E-state index contributed by atoms with van der Waals surface area (Å²) >= 11 is 0. The Morgan fingerprint density at radius 2 is 1.76 bits per heavy atom. The molecule has 0 saturated heterocycles. The molecule has 0 aliphatic heterocycles. The third-order valence-electron chi connectivity index (χ3n) is 2.47. The normalized spacial score (nSPS) is 10.7. The molecule has 0 spiro atoms. The van der Waals surface area contributed by atoms with Gasteiger partial charge in [0.2, 0.25) is 0 Å². The Kier molecular flexibility index (Phi) is 10.7. The second kappa shape index (κ2) is 11.4. The van der Waals surface area contributed by atoms with Crippen molar-refractivity contribution in [1.29, 1.82) is 0 Å². The number of carbonyl (C=O) groups excluding carboxylic acids is 1. The number of carbonyl (C=O) groups is 1. The minimum atomic E-state index is -0.271. The van der Waals surface area contributed by atoms with Crippen LogP contribution in [-0.4, -0.2) is 12.6 Å². The van der Waals surface area contributed by atoms with Crippen LogP contribution >= 0.6 is 0 Å². The first-order valence-corrected chi connectivity index (χ1v) is 6.66. The Balaban J connectivity index is 3.19. The number of hydrogen-bond acceptors (Lipinski definition) is 2. The Hall–Kier alpha value is -1.05. The van der Waals surface area contributed by atoms with Gasteiger partial charge in [-0.25, -0.2) is 4.79 Å². The van der Waals surface area contributed by atoms with Gasteiger partial charge in [-0.05, 0) is 32.6 Å². The number of hydrogen-bond donors (Lipinski definition) is 0. The first-order valence-electron chi connectivity index (χ1n) is 6.66. The third kappa shape index (κ3) is 11.2. The first-order chi connectivity index (χ1) is 8.18. The summed E-state index contributed by atoms with van der Waals surface area (Å²) in [4.78, 5) is 11.0. The monoisotopic (exact) mass is 238 g/mol. The fraction of sp³-hybridized carbons (Fsp3) is 0.667. The van der Waals surface area contributed by atoms with Crippen LogP contribution in [0.5, 0.6) is 0 Å². The van der Waals surface area contributed by atoms with Crippen molar-refractivity contribution < 1.29 is 9.53 Å². The zero-order valence-corrected chi connectivity index (χ0v) is 11.3. The Morgan fingerprint density at radius 3 is 2.41 bits per heavy atom. The van der Waals surface area contributed by atoms with E-state index in [2.05, 4.69) is 25.7 Å². The van der Waals surface area contributed by atoms with Gasteiger partial charge in [-0.1, -0.05) is 44.9 Å². The summed E-state index contributed by atoms with van der Waals surface area (Å²) in [6.07, 6.45) is 12.6. The molecule has 0 unspecified atom stereocenters. The van der Waals surface area contributed by atoms with Crippen molar-refractivity contribution in [2.45, 2.75) is 58.8 Å². The fourth-order valence-electron chi connectivity index (χ4n) is 1.41. The molecule has 0 saturated carbocycles. The molecular formula is C15H26O2. The molecule has 0 rings (SSSR count). The van der Waals surface area contributed by atoms with Crippen LogP contribution in [0, 0.1) is 0 Å². The molecule has 17 heavy (non-hydrogen) atoms. The van der Waals surface area contributed by atoms with E-state index in [0.29, 0.717) is 12.2 Å². The van der Waals surface area contributed by atoms with Crippen LogP contribution in [0.4, 0.5) is 0 Å². The smallest absolute Gasteiger partial charge is 0.333 e. The lowest BCUT2D eigenvalue weighted by molar-refractivity contribution is -0.139. The standard InChI is InChI=1S/C15H26O2/c1-4-5-6-7-8-9-10-11-12-13-17-15(16)14(2)3/h6-7H,2,4-5,8-13H2,1,3H3/b7-6+. The summed E-state index contributed by atoms with van der Waals surface area (Å²) in [6.45, 7) is 7.92. The van der Waals surface area contributed by atoms with Crippen LogP contribution in [-0.2, 0) is 9.53 Å².